The van der Waals surface area contributed by atoms with Crippen LogP contribution in [-0.4, -0.2) is 49.3 Å². The first-order valence-electron chi connectivity index (χ1n) is 10.1. The number of hydrogen-bond acceptors (Lipinski definition) is 6. The van der Waals surface area contributed by atoms with Gasteiger partial charge in [0.2, 0.25) is 11.7 Å². The first-order chi connectivity index (χ1) is 14.0. The summed E-state index contributed by atoms with van der Waals surface area (Å²) in [5.41, 5.74) is 4.08. The number of benzene rings is 1. The van der Waals surface area contributed by atoms with Gasteiger partial charge in [-0.15, -0.1) is 10.2 Å². The Bertz CT molecular complexity index is 964. The van der Waals surface area contributed by atoms with Crippen molar-refractivity contribution in [3.05, 3.63) is 46.8 Å². The maximum absolute atomic E-state index is 12.6. The van der Waals surface area contributed by atoms with E-state index < -0.39 is 0 Å². The quantitative estimate of drug-likeness (QED) is 0.661. The van der Waals surface area contributed by atoms with Crippen LogP contribution in [0.3, 0.4) is 0 Å². The first-order valence-corrected chi connectivity index (χ1v) is 10.1. The van der Waals surface area contributed by atoms with Crippen molar-refractivity contribution < 1.29 is 9.32 Å². The minimum absolute atomic E-state index is 0.174. The average molecular weight is 394 g/mol. The second-order valence-corrected chi connectivity index (χ2v) is 7.71. The van der Waals surface area contributed by atoms with Gasteiger partial charge in [-0.1, -0.05) is 35.0 Å². The van der Waals surface area contributed by atoms with E-state index in [9.17, 15) is 4.79 Å². The molecule has 8 heteroatoms. The van der Waals surface area contributed by atoms with Crippen molar-refractivity contribution in [3.8, 4) is 11.4 Å². The van der Waals surface area contributed by atoms with Gasteiger partial charge in [0.25, 0.3) is 0 Å². The number of amides is 1. The molecule has 3 aromatic rings. The van der Waals surface area contributed by atoms with E-state index in [4.69, 9.17) is 4.52 Å². The van der Waals surface area contributed by atoms with Crippen LogP contribution in [-0.2, 0) is 11.2 Å². The molecule has 4 rings (SSSR count). The van der Waals surface area contributed by atoms with Gasteiger partial charge in [-0.2, -0.15) is 4.80 Å². The van der Waals surface area contributed by atoms with E-state index >= 15 is 0 Å². The fourth-order valence-corrected chi connectivity index (χ4v) is 3.79. The lowest BCUT2D eigenvalue weighted by atomic mass is 10.0. The number of piperidine rings is 1. The van der Waals surface area contributed by atoms with E-state index in [1.165, 1.54) is 5.56 Å². The molecule has 0 spiro atoms. The van der Waals surface area contributed by atoms with Crippen molar-refractivity contribution in [3.63, 3.8) is 0 Å². The van der Waals surface area contributed by atoms with Crippen molar-refractivity contribution >= 4 is 5.91 Å². The number of tetrazole rings is 1. The third kappa shape index (κ3) is 4.21. The normalized spacial score (nSPS) is 15.1. The highest BCUT2D eigenvalue weighted by atomic mass is 16.5. The van der Waals surface area contributed by atoms with Gasteiger partial charge in [-0.3, -0.25) is 4.79 Å². The molecule has 29 heavy (non-hydrogen) atoms. The van der Waals surface area contributed by atoms with E-state index in [-0.39, 0.29) is 11.9 Å². The zero-order valence-corrected chi connectivity index (χ0v) is 17.1. The predicted octanol–water partition coefficient (Wildman–Crippen LogP) is 3.05. The summed E-state index contributed by atoms with van der Waals surface area (Å²) in [5, 5.41) is 17.0. The van der Waals surface area contributed by atoms with Gasteiger partial charge in [0.1, 0.15) is 5.76 Å². The second-order valence-electron chi connectivity index (χ2n) is 7.71. The molecule has 1 saturated heterocycles. The number of aryl methyl sites for hydroxylation is 3. The lowest BCUT2D eigenvalue weighted by Gasteiger charge is -2.31. The molecule has 0 unspecified atom stereocenters. The summed E-state index contributed by atoms with van der Waals surface area (Å²) in [4.78, 5) is 16.2. The topological polar surface area (TPSA) is 89.9 Å². The molecule has 3 heterocycles. The maximum atomic E-state index is 12.6. The molecule has 1 aromatic carbocycles. The van der Waals surface area contributed by atoms with E-state index in [1.807, 2.05) is 43.0 Å². The van der Waals surface area contributed by atoms with Gasteiger partial charge in [0.05, 0.1) is 11.7 Å². The maximum Gasteiger partial charge on any atom is 0.222 e. The monoisotopic (exact) mass is 394 g/mol. The third-order valence-electron chi connectivity index (χ3n) is 5.65. The number of nitrogens with zero attached hydrogens (tertiary/aromatic N) is 6. The van der Waals surface area contributed by atoms with E-state index in [2.05, 4.69) is 27.5 Å². The van der Waals surface area contributed by atoms with Gasteiger partial charge >= 0.3 is 0 Å². The fraction of sp³-hybridized carbons (Fsp3) is 0.476. The number of likely N-dealkylation sites (tertiary alicyclic amines) is 1. The van der Waals surface area contributed by atoms with E-state index in [1.54, 1.807) is 4.80 Å². The Morgan fingerprint density at radius 2 is 1.86 bits per heavy atom. The summed E-state index contributed by atoms with van der Waals surface area (Å²) in [6.07, 6.45) is 2.82. The molecule has 0 saturated carbocycles. The zero-order valence-electron chi connectivity index (χ0n) is 17.1. The van der Waals surface area contributed by atoms with Crippen molar-refractivity contribution in [2.75, 3.05) is 13.1 Å². The molecule has 0 bridgehead atoms. The molecular formula is C21H26N6O2. The summed E-state index contributed by atoms with van der Waals surface area (Å²) in [5.74, 6) is 1.62. The van der Waals surface area contributed by atoms with Crippen molar-refractivity contribution in [1.82, 2.24) is 30.3 Å². The Balaban J connectivity index is 1.31. The third-order valence-corrected chi connectivity index (χ3v) is 5.65. The zero-order chi connectivity index (χ0) is 20.4. The van der Waals surface area contributed by atoms with Crippen molar-refractivity contribution in [2.45, 2.75) is 52.5 Å². The van der Waals surface area contributed by atoms with Gasteiger partial charge in [-0.25, -0.2) is 0 Å². The fourth-order valence-electron chi connectivity index (χ4n) is 3.79. The van der Waals surface area contributed by atoms with Crippen LogP contribution in [0, 0.1) is 20.8 Å². The van der Waals surface area contributed by atoms with Crippen LogP contribution in [0.2, 0.25) is 0 Å². The highest BCUT2D eigenvalue weighted by Crippen LogP contribution is 2.23. The van der Waals surface area contributed by atoms with Gasteiger partial charge < -0.3 is 9.42 Å². The van der Waals surface area contributed by atoms with E-state index in [0.717, 1.165) is 35.4 Å². The highest BCUT2D eigenvalue weighted by molar-refractivity contribution is 5.76. The average Bonchev–Trinajstić information content (AvgIpc) is 3.34. The van der Waals surface area contributed by atoms with Crippen LogP contribution < -0.4 is 0 Å². The predicted molar refractivity (Wildman–Crippen MR) is 107 cm³/mol. The summed E-state index contributed by atoms with van der Waals surface area (Å²) >= 11 is 0. The molecule has 2 aromatic heterocycles. The molecule has 0 aliphatic carbocycles. The number of carbonyl (C=O) groups excluding carboxylic acids is 1. The van der Waals surface area contributed by atoms with Crippen LogP contribution in [0.4, 0.5) is 0 Å². The minimum Gasteiger partial charge on any atom is -0.361 e. The minimum atomic E-state index is 0.174. The molecule has 0 N–H and O–H groups in total. The lowest BCUT2D eigenvalue weighted by Crippen LogP contribution is -2.39. The molecule has 0 radical (unpaired) electrons. The molecule has 1 amide bonds. The highest BCUT2D eigenvalue weighted by Gasteiger charge is 2.26. The Morgan fingerprint density at radius 1 is 1.14 bits per heavy atom. The smallest absolute Gasteiger partial charge is 0.222 e. The Kier molecular flexibility index (Phi) is 5.42. The largest absolute Gasteiger partial charge is 0.361 e. The van der Waals surface area contributed by atoms with Gasteiger partial charge in [0, 0.05) is 30.6 Å². The standard InChI is InChI=1S/C21H26N6O2/c1-14-4-6-17(7-5-14)21-22-25-27(23-21)18-10-12-26(13-11-18)20(28)9-8-19-15(2)24-29-16(19)3/h4-7,18H,8-13H2,1-3H3. The van der Waals surface area contributed by atoms with Crippen LogP contribution in [0.1, 0.15) is 47.9 Å². The van der Waals surface area contributed by atoms with Crippen LogP contribution in [0.15, 0.2) is 28.8 Å². The first kappa shape index (κ1) is 19.3. The summed E-state index contributed by atoms with van der Waals surface area (Å²) in [6.45, 7) is 7.29. The number of carbonyl (C=O) groups is 1. The van der Waals surface area contributed by atoms with Crippen LogP contribution in [0.25, 0.3) is 11.4 Å². The molecular weight excluding hydrogens is 368 g/mol. The molecule has 8 nitrogen and oxygen atoms in total. The second kappa shape index (κ2) is 8.14. The Hall–Kier alpha value is -3.03. The molecule has 152 valence electrons. The van der Waals surface area contributed by atoms with Gasteiger partial charge in [0.15, 0.2) is 0 Å². The summed E-state index contributed by atoms with van der Waals surface area (Å²) in [7, 11) is 0. The van der Waals surface area contributed by atoms with Crippen molar-refractivity contribution in [2.24, 2.45) is 0 Å². The lowest BCUT2D eigenvalue weighted by molar-refractivity contribution is -0.132. The Labute approximate surface area is 169 Å². The molecule has 0 atom stereocenters. The number of hydrogen-bond donors (Lipinski definition) is 0. The van der Waals surface area contributed by atoms with Crippen molar-refractivity contribution in [1.29, 1.82) is 0 Å². The van der Waals surface area contributed by atoms with Crippen LogP contribution >= 0.6 is 0 Å². The number of aromatic nitrogens is 5. The summed E-state index contributed by atoms with van der Waals surface area (Å²) in [6, 6.07) is 8.28. The molecule has 1 aliphatic rings. The molecule has 1 fully saturated rings. The SMILES string of the molecule is Cc1ccc(-c2nnn(C3CCN(C(=O)CCc4c(C)noc4C)CC3)n2)cc1. The Morgan fingerprint density at radius 3 is 2.52 bits per heavy atom. The van der Waals surface area contributed by atoms with Gasteiger partial charge in [-0.05, 0) is 45.2 Å². The van der Waals surface area contributed by atoms with Crippen LogP contribution in [0.5, 0.6) is 0 Å². The summed E-state index contributed by atoms with van der Waals surface area (Å²) < 4.78 is 5.18. The molecule has 1 aliphatic heterocycles. The number of rotatable bonds is 5. The van der Waals surface area contributed by atoms with E-state index in [0.29, 0.717) is 31.8 Å².